The van der Waals surface area contributed by atoms with Crippen LogP contribution in [0, 0.1) is 6.92 Å². The fraction of sp³-hybridized carbons (Fsp3) is 0.500. The Labute approximate surface area is 100 Å². The lowest BCUT2D eigenvalue weighted by Gasteiger charge is -2.10. The van der Waals surface area contributed by atoms with Crippen LogP contribution >= 0.6 is 0 Å². The van der Waals surface area contributed by atoms with Crippen LogP contribution < -0.4 is 0 Å². The van der Waals surface area contributed by atoms with Crippen LogP contribution in [-0.4, -0.2) is 27.8 Å². The van der Waals surface area contributed by atoms with E-state index in [9.17, 15) is 15.0 Å². The second kappa shape index (κ2) is 6.20. The number of hydrogen-bond donors (Lipinski definition) is 2. The van der Waals surface area contributed by atoms with Gasteiger partial charge < -0.3 is 14.9 Å². The minimum Gasteiger partial charge on any atom is -0.506 e. The van der Waals surface area contributed by atoms with Crippen molar-refractivity contribution in [3.63, 3.8) is 0 Å². The van der Waals surface area contributed by atoms with Gasteiger partial charge >= 0.3 is 5.97 Å². The van der Waals surface area contributed by atoms with E-state index >= 15 is 0 Å². The Balaban J connectivity index is 2.77. The maximum absolute atomic E-state index is 11.2. The SMILES string of the molecule is CCOC(=O)CCc1cnc(C)c(O)c1CO. The predicted molar refractivity (Wildman–Crippen MR) is 61.5 cm³/mol. The summed E-state index contributed by atoms with van der Waals surface area (Å²) < 4.78 is 4.81. The van der Waals surface area contributed by atoms with Crippen LogP contribution in [-0.2, 0) is 22.6 Å². The van der Waals surface area contributed by atoms with Gasteiger partial charge in [-0.1, -0.05) is 0 Å². The van der Waals surface area contributed by atoms with Gasteiger partial charge in [0.05, 0.1) is 18.9 Å². The second-order valence-electron chi connectivity index (χ2n) is 3.66. The van der Waals surface area contributed by atoms with E-state index < -0.39 is 0 Å². The number of carbonyl (C=O) groups excluding carboxylic acids is 1. The average molecular weight is 239 g/mol. The van der Waals surface area contributed by atoms with E-state index in [2.05, 4.69) is 4.98 Å². The molecule has 0 unspecified atom stereocenters. The van der Waals surface area contributed by atoms with Crippen molar-refractivity contribution in [2.75, 3.05) is 6.61 Å². The van der Waals surface area contributed by atoms with E-state index in [1.165, 1.54) is 0 Å². The summed E-state index contributed by atoms with van der Waals surface area (Å²) >= 11 is 0. The number of aryl methyl sites for hydroxylation is 2. The number of ether oxygens (including phenoxy) is 1. The zero-order chi connectivity index (χ0) is 12.8. The van der Waals surface area contributed by atoms with Crippen molar-refractivity contribution < 1.29 is 19.7 Å². The number of esters is 1. The largest absolute Gasteiger partial charge is 0.506 e. The maximum atomic E-state index is 11.2. The van der Waals surface area contributed by atoms with Crippen molar-refractivity contribution >= 4 is 5.97 Å². The van der Waals surface area contributed by atoms with Gasteiger partial charge in [0.2, 0.25) is 0 Å². The first-order chi connectivity index (χ1) is 8.10. The summed E-state index contributed by atoms with van der Waals surface area (Å²) in [6.07, 6.45) is 2.18. The van der Waals surface area contributed by atoms with Crippen molar-refractivity contribution in [2.24, 2.45) is 0 Å². The number of hydrogen-bond acceptors (Lipinski definition) is 5. The van der Waals surface area contributed by atoms with Gasteiger partial charge in [-0.2, -0.15) is 0 Å². The topological polar surface area (TPSA) is 79.7 Å². The van der Waals surface area contributed by atoms with E-state index in [0.29, 0.717) is 29.8 Å². The third kappa shape index (κ3) is 3.42. The molecule has 0 saturated heterocycles. The maximum Gasteiger partial charge on any atom is 0.306 e. The summed E-state index contributed by atoms with van der Waals surface area (Å²) in [5, 5.41) is 18.9. The first kappa shape index (κ1) is 13.4. The Bertz CT molecular complexity index is 404. The molecule has 1 rings (SSSR count). The van der Waals surface area contributed by atoms with E-state index in [0.717, 1.165) is 0 Å². The highest BCUT2D eigenvalue weighted by atomic mass is 16.5. The highest BCUT2D eigenvalue weighted by Crippen LogP contribution is 2.24. The van der Waals surface area contributed by atoms with Crippen molar-refractivity contribution in [1.82, 2.24) is 4.98 Å². The Morgan fingerprint density at radius 3 is 2.82 bits per heavy atom. The summed E-state index contributed by atoms with van der Waals surface area (Å²) in [6.45, 7) is 3.48. The monoisotopic (exact) mass is 239 g/mol. The molecule has 1 heterocycles. The van der Waals surface area contributed by atoms with Gasteiger partial charge in [-0.05, 0) is 25.8 Å². The summed E-state index contributed by atoms with van der Waals surface area (Å²) in [5.74, 6) is -0.301. The van der Waals surface area contributed by atoms with Crippen LogP contribution in [0.2, 0.25) is 0 Å². The molecule has 1 aromatic heterocycles. The highest BCUT2D eigenvalue weighted by molar-refractivity contribution is 5.69. The number of rotatable bonds is 5. The van der Waals surface area contributed by atoms with Gasteiger partial charge in [-0.3, -0.25) is 9.78 Å². The van der Waals surface area contributed by atoms with Gasteiger partial charge in [-0.15, -0.1) is 0 Å². The molecule has 1 aromatic rings. The Morgan fingerprint density at radius 2 is 2.24 bits per heavy atom. The predicted octanol–water partition coefficient (Wildman–Crippen LogP) is 1.08. The van der Waals surface area contributed by atoms with Crippen molar-refractivity contribution in [1.29, 1.82) is 0 Å². The van der Waals surface area contributed by atoms with Crippen LogP contribution in [0.3, 0.4) is 0 Å². The molecule has 0 aliphatic rings. The Hall–Kier alpha value is -1.62. The number of aliphatic hydroxyl groups excluding tert-OH is 1. The minimum absolute atomic E-state index is 0.00569. The van der Waals surface area contributed by atoms with Gasteiger partial charge in [-0.25, -0.2) is 0 Å². The third-order valence-electron chi connectivity index (χ3n) is 2.49. The zero-order valence-corrected chi connectivity index (χ0v) is 10.1. The van der Waals surface area contributed by atoms with Crippen LogP contribution in [0.25, 0.3) is 0 Å². The molecule has 0 spiro atoms. The van der Waals surface area contributed by atoms with E-state index in [1.807, 2.05) is 0 Å². The normalized spacial score (nSPS) is 10.3. The third-order valence-corrected chi connectivity index (χ3v) is 2.49. The smallest absolute Gasteiger partial charge is 0.306 e. The van der Waals surface area contributed by atoms with Gasteiger partial charge in [0.1, 0.15) is 5.75 Å². The molecular formula is C12H17NO4. The summed E-state index contributed by atoms with van der Waals surface area (Å²) in [5.41, 5.74) is 1.57. The van der Waals surface area contributed by atoms with Crippen molar-refractivity contribution in [3.05, 3.63) is 23.0 Å². The molecule has 0 amide bonds. The number of aromatic hydroxyl groups is 1. The molecule has 2 N–H and O–H groups in total. The van der Waals surface area contributed by atoms with E-state index in [-0.39, 0.29) is 24.7 Å². The van der Waals surface area contributed by atoms with Crippen LogP contribution in [0.4, 0.5) is 0 Å². The molecule has 0 aliphatic carbocycles. The first-order valence-electron chi connectivity index (χ1n) is 5.53. The summed E-state index contributed by atoms with van der Waals surface area (Å²) in [4.78, 5) is 15.2. The van der Waals surface area contributed by atoms with Gasteiger partial charge in [0, 0.05) is 18.2 Å². The minimum atomic E-state index is -0.295. The number of nitrogens with zero attached hydrogens (tertiary/aromatic N) is 1. The molecule has 0 saturated carbocycles. The Morgan fingerprint density at radius 1 is 1.53 bits per heavy atom. The first-order valence-corrected chi connectivity index (χ1v) is 5.53. The van der Waals surface area contributed by atoms with Gasteiger partial charge in [0.15, 0.2) is 0 Å². The number of aliphatic hydroxyl groups is 1. The lowest BCUT2D eigenvalue weighted by Crippen LogP contribution is -2.07. The van der Waals surface area contributed by atoms with Crippen LogP contribution in [0.15, 0.2) is 6.20 Å². The standard InChI is InChI=1S/C12H17NO4/c1-3-17-11(15)5-4-9-6-13-8(2)12(16)10(9)7-14/h6,14,16H,3-5,7H2,1-2H3. The number of pyridine rings is 1. The van der Waals surface area contributed by atoms with Crippen molar-refractivity contribution in [2.45, 2.75) is 33.3 Å². The number of carbonyl (C=O) groups is 1. The molecule has 0 fully saturated rings. The highest BCUT2D eigenvalue weighted by Gasteiger charge is 2.12. The number of aromatic nitrogens is 1. The summed E-state index contributed by atoms with van der Waals surface area (Å²) in [7, 11) is 0. The summed E-state index contributed by atoms with van der Waals surface area (Å²) in [6, 6.07) is 0. The molecule has 0 aliphatic heterocycles. The lowest BCUT2D eigenvalue weighted by molar-refractivity contribution is -0.143. The molecule has 5 heteroatoms. The molecule has 94 valence electrons. The fourth-order valence-electron chi connectivity index (χ4n) is 1.55. The molecule has 0 radical (unpaired) electrons. The molecule has 5 nitrogen and oxygen atoms in total. The van der Waals surface area contributed by atoms with E-state index in [4.69, 9.17) is 4.74 Å². The fourth-order valence-corrected chi connectivity index (χ4v) is 1.55. The molecular weight excluding hydrogens is 222 g/mol. The van der Waals surface area contributed by atoms with Gasteiger partial charge in [0.25, 0.3) is 0 Å². The second-order valence-corrected chi connectivity index (χ2v) is 3.66. The Kier molecular flexibility index (Phi) is 4.90. The lowest BCUT2D eigenvalue weighted by atomic mass is 10.0. The average Bonchev–Trinajstić information content (AvgIpc) is 2.31. The quantitative estimate of drug-likeness (QED) is 0.752. The molecule has 17 heavy (non-hydrogen) atoms. The van der Waals surface area contributed by atoms with Crippen LogP contribution in [0.5, 0.6) is 5.75 Å². The molecule has 0 aromatic carbocycles. The molecule has 0 bridgehead atoms. The zero-order valence-electron chi connectivity index (χ0n) is 10.1. The molecule has 0 atom stereocenters. The van der Waals surface area contributed by atoms with Crippen LogP contribution in [0.1, 0.15) is 30.2 Å². The van der Waals surface area contributed by atoms with E-state index in [1.54, 1.807) is 20.0 Å². The van der Waals surface area contributed by atoms with Crippen molar-refractivity contribution in [3.8, 4) is 5.75 Å².